The van der Waals surface area contributed by atoms with Gasteiger partial charge in [-0.15, -0.1) is 0 Å². The summed E-state index contributed by atoms with van der Waals surface area (Å²) in [6.07, 6.45) is 5.57. The Kier molecular flexibility index (Phi) is 5.19. The minimum atomic E-state index is 0.00842. The SMILES string of the molecule is COc1ccccc1C(=O)N1CCc2nc(N3CCCC3)nc(N3CCCC3)c2C1. The number of ether oxygens (including phenoxy) is 1. The van der Waals surface area contributed by atoms with Crippen LogP contribution in [0.2, 0.25) is 0 Å². The fourth-order valence-corrected chi connectivity index (χ4v) is 4.80. The first-order valence-electron chi connectivity index (χ1n) is 11.1. The van der Waals surface area contributed by atoms with Gasteiger partial charge in [-0.05, 0) is 37.8 Å². The Bertz CT molecular complexity index is 935. The van der Waals surface area contributed by atoms with E-state index in [9.17, 15) is 4.79 Å². The van der Waals surface area contributed by atoms with Crippen molar-refractivity contribution in [1.29, 1.82) is 0 Å². The summed E-state index contributed by atoms with van der Waals surface area (Å²) in [6, 6.07) is 7.45. The van der Waals surface area contributed by atoms with E-state index in [2.05, 4.69) is 9.80 Å². The Hall–Kier alpha value is -2.83. The molecule has 2 aromatic rings. The second-order valence-electron chi connectivity index (χ2n) is 8.34. The first-order chi connectivity index (χ1) is 14.7. The second kappa shape index (κ2) is 8.13. The molecule has 3 aliphatic rings. The van der Waals surface area contributed by atoms with Gasteiger partial charge in [0.15, 0.2) is 0 Å². The van der Waals surface area contributed by atoms with Crippen LogP contribution in [0.15, 0.2) is 24.3 Å². The molecule has 0 spiro atoms. The van der Waals surface area contributed by atoms with Crippen LogP contribution in [0.5, 0.6) is 5.75 Å². The van der Waals surface area contributed by atoms with Crippen molar-refractivity contribution in [2.45, 2.75) is 38.6 Å². The minimum Gasteiger partial charge on any atom is -0.496 e. The van der Waals surface area contributed by atoms with E-state index >= 15 is 0 Å². The molecule has 7 heteroatoms. The minimum absolute atomic E-state index is 0.00842. The number of carbonyl (C=O) groups excluding carboxylic acids is 1. The normalized spacial score (nSPS) is 18.6. The van der Waals surface area contributed by atoms with Crippen molar-refractivity contribution < 1.29 is 9.53 Å². The number of benzene rings is 1. The van der Waals surface area contributed by atoms with Crippen LogP contribution >= 0.6 is 0 Å². The molecule has 4 heterocycles. The van der Waals surface area contributed by atoms with Crippen LogP contribution in [0.4, 0.5) is 11.8 Å². The topological polar surface area (TPSA) is 61.8 Å². The third-order valence-electron chi connectivity index (χ3n) is 6.45. The van der Waals surface area contributed by atoms with E-state index < -0.39 is 0 Å². The number of para-hydroxylation sites is 1. The number of methoxy groups -OCH3 is 1. The van der Waals surface area contributed by atoms with Crippen molar-refractivity contribution in [2.75, 3.05) is 49.6 Å². The van der Waals surface area contributed by atoms with Gasteiger partial charge in [-0.1, -0.05) is 12.1 Å². The quantitative estimate of drug-likeness (QED) is 0.777. The molecule has 3 aliphatic heterocycles. The smallest absolute Gasteiger partial charge is 0.257 e. The van der Waals surface area contributed by atoms with Crippen LogP contribution in [-0.4, -0.2) is 60.6 Å². The third-order valence-corrected chi connectivity index (χ3v) is 6.45. The zero-order valence-electron chi connectivity index (χ0n) is 17.6. The summed E-state index contributed by atoms with van der Waals surface area (Å²) >= 11 is 0. The zero-order valence-corrected chi connectivity index (χ0v) is 17.6. The zero-order chi connectivity index (χ0) is 20.5. The van der Waals surface area contributed by atoms with Gasteiger partial charge in [0.25, 0.3) is 5.91 Å². The molecule has 1 aromatic heterocycles. The molecule has 0 saturated carbocycles. The van der Waals surface area contributed by atoms with E-state index in [0.717, 1.165) is 55.6 Å². The number of aromatic nitrogens is 2. The first-order valence-corrected chi connectivity index (χ1v) is 11.1. The van der Waals surface area contributed by atoms with E-state index in [4.69, 9.17) is 14.7 Å². The van der Waals surface area contributed by atoms with Gasteiger partial charge in [-0.3, -0.25) is 4.79 Å². The first kappa shape index (κ1) is 19.2. The van der Waals surface area contributed by atoms with Crippen LogP contribution in [0.3, 0.4) is 0 Å². The predicted molar refractivity (Wildman–Crippen MR) is 116 cm³/mol. The molecule has 2 fully saturated rings. The summed E-state index contributed by atoms with van der Waals surface area (Å²) in [4.78, 5) is 29.9. The molecule has 7 nitrogen and oxygen atoms in total. The molecule has 0 N–H and O–H groups in total. The molecule has 1 amide bonds. The van der Waals surface area contributed by atoms with Crippen molar-refractivity contribution >= 4 is 17.7 Å². The van der Waals surface area contributed by atoms with Crippen LogP contribution in [0, 0.1) is 0 Å². The largest absolute Gasteiger partial charge is 0.496 e. The molecule has 0 unspecified atom stereocenters. The molecule has 158 valence electrons. The summed E-state index contributed by atoms with van der Waals surface area (Å²) < 4.78 is 5.42. The van der Waals surface area contributed by atoms with Crippen molar-refractivity contribution in [3.63, 3.8) is 0 Å². The highest BCUT2D eigenvalue weighted by atomic mass is 16.5. The molecule has 2 saturated heterocycles. The summed E-state index contributed by atoms with van der Waals surface area (Å²) in [7, 11) is 1.61. The van der Waals surface area contributed by atoms with Crippen LogP contribution < -0.4 is 14.5 Å². The Balaban J connectivity index is 1.48. The predicted octanol–water partition coefficient (Wildman–Crippen LogP) is 2.88. The Morgan fingerprint density at radius 3 is 2.37 bits per heavy atom. The van der Waals surface area contributed by atoms with Crippen molar-refractivity contribution in [2.24, 2.45) is 0 Å². The molecule has 5 rings (SSSR count). The summed E-state index contributed by atoms with van der Waals surface area (Å²) in [5.41, 5.74) is 2.84. The van der Waals surface area contributed by atoms with E-state index in [1.807, 2.05) is 29.2 Å². The molecule has 30 heavy (non-hydrogen) atoms. The van der Waals surface area contributed by atoms with Gasteiger partial charge in [-0.25, -0.2) is 4.98 Å². The van der Waals surface area contributed by atoms with Gasteiger partial charge in [0.05, 0.1) is 24.9 Å². The summed E-state index contributed by atoms with van der Waals surface area (Å²) in [6.45, 7) is 5.36. The second-order valence-corrected chi connectivity index (χ2v) is 8.34. The number of hydrogen-bond donors (Lipinski definition) is 0. The Labute approximate surface area is 177 Å². The van der Waals surface area contributed by atoms with Crippen molar-refractivity contribution in [3.8, 4) is 5.75 Å². The molecular formula is C23H29N5O2. The lowest BCUT2D eigenvalue weighted by atomic mass is 10.0. The van der Waals surface area contributed by atoms with Gasteiger partial charge in [-0.2, -0.15) is 4.98 Å². The van der Waals surface area contributed by atoms with Gasteiger partial charge in [0.2, 0.25) is 5.95 Å². The maximum absolute atomic E-state index is 13.3. The maximum atomic E-state index is 13.3. The maximum Gasteiger partial charge on any atom is 0.257 e. The fraction of sp³-hybridized carbons (Fsp3) is 0.522. The molecular weight excluding hydrogens is 378 g/mol. The summed E-state index contributed by atoms with van der Waals surface area (Å²) in [5, 5.41) is 0. The van der Waals surface area contributed by atoms with Gasteiger partial charge < -0.3 is 19.4 Å². The third kappa shape index (κ3) is 3.46. The molecule has 0 bridgehead atoms. The van der Waals surface area contributed by atoms with E-state index in [1.54, 1.807) is 7.11 Å². The van der Waals surface area contributed by atoms with Crippen LogP contribution in [0.1, 0.15) is 47.3 Å². The summed E-state index contributed by atoms with van der Waals surface area (Å²) in [5.74, 6) is 2.54. The lowest BCUT2D eigenvalue weighted by molar-refractivity contribution is 0.0730. The lowest BCUT2D eigenvalue weighted by Crippen LogP contribution is -2.38. The number of amides is 1. The molecule has 0 radical (unpaired) electrons. The van der Waals surface area contributed by atoms with Crippen LogP contribution in [0.25, 0.3) is 0 Å². The van der Waals surface area contributed by atoms with Gasteiger partial charge in [0, 0.05) is 44.7 Å². The fourth-order valence-electron chi connectivity index (χ4n) is 4.80. The van der Waals surface area contributed by atoms with E-state index in [0.29, 0.717) is 24.4 Å². The Morgan fingerprint density at radius 1 is 0.933 bits per heavy atom. The monoisotopic (exact) mass is 407 g/mol. The van der Waals surface area contributed by atoms with E-state index in [-0.39, 0.29) is 5.91 Å². The standard InChI is InChI=1S/C23H29N5O2/c1-30-20-9-3-2-8-17(20)22(29)28-15-10-19-18(16-28)21(26-11-4-5-12-26)25-23(24-19)27-13-6-7-14-27/h2-3,8-9H,4-7,10-16H2,1H3. The van der Waals surface area contributed by atoms with Crippen molar-refractivity contribution in [1.82, 2.24) is 14.9 Å². The van der Waals surface area contributed by atoms with Crippen molar-refractivity contribution in [3.05, 3.63) is 41.1 Å². The van der Waals surface area contributed by atoms with Crippen LogP contribution in [-0.2, 0) is 13.0 Å². The number of nitrogens with zero attached hydrogens (tertiary/aromatic N) is 5. The number of rotatable bonds is 4. The molecule has 1 aromatic carbocycles. The van der Waals surface area contributed by atoms with Gasteiger partial charge >= 0.3 is 0 Å². The highest BCUT2D eigenvalue weighted by molar-refractivity contribution is 5.97. The molecule has 0 atom stereocenters. The lowest BCUT2D eigenvalue weighted by Gasteiger charge is -2.33. The average molecular weight is 408 g/mol. The average Bonchev–Trinajstić information content (AvgIpc) is 3.52. The number of carbonyl (C=O) groups is 1. The molecule has 0 aliphatic carbocycles. The van der Waals surface area contributed by atoms with Gasteiger partial charge in [0.1, 0.15) is 11.6 Å². The highest BCUT2D eigenvalue weighted by Gasteiger charge is 2.31. The Morgan fingerprint density at radius 2 is 1.63 bits per heavy atom. The number of fused-ring (bicyclic) bond motifs is 1. The highest BCUT2D eigenvalue weighted by Crippen LogP contribution is 2.33. The number of anilines is 2. The number of hydrogen-bond acceptors (Lipinski definition) is 6. The van der Waals surface area contributed by atoms with E-state index in [1.165, 1.54) is 25.7 Å².